The fraction of sp³-hybridized carbons (Fsp3) is 0.237. The van der Waals surface area contributed by atoms with Gasteiger partial charge in [0.1, 0.15) is 6.61 Å². The molecule has 11 nitrogen and oxygen atoms in total. The van der Waals surface area contributed by atoms with E-state index in [0.29, 0.717) is 35.9 Å². The number of urea groups is 1. The maximum absolute atomic E-state index is 12.5. The summed E-state index contributed by atoms with van der Waals surface area (Å²) < 4.78 is 19.0. The highest BCUT2D eigenvalue weighted by Crippen LogP contribution is 2.35. The number of hydrogen-bond acceptors (Lipinski definition) is 8. The summed E-state index contributed by atoms with van der Waals surface area (Å²) in [6, 6.07) is 26.9. The zero-order valence-corrected chi connectivity index (χ0v) is 27.8. The Morgan fingerprint density at radius 3 is 2.55 bits per heavy atom. The van der Waals surface area contributed by atoms with E-state index in [1.54, 1.807) is 31.3 Å². The van der Waals surface area contributed by atoms with Crippen LogP contribution < -0.4 is 25.5 Å². The van der Waals surface area contributed by atoms with Crippen LogP contribution in [0.5, 0.6) is 11.5 Å². The minimum atomic E-state index is -1.13. The molecule has 252 valence electrons. The summed E-state index contributed by atoms with van der Waals surface area (Å²) in [5, 5.41) is 24.0. The molecule has 0 aliphatic carbocycles. The van der Waals surface area contributed by atoms with Crippen molar-refractivity contribution in [3.63, 3.8) is 0 Å². The summed E-state index contributed by atoms with van der Waals surface area (Å²) in [7, 11) is 1.29. The number of esters is 1. The van der Waals surface area contributed by atoms with Crippen LogP contribution in [0.25, 0.3) is 21.7 Å². The summed E-state index contributed by atoms with van der Waals surface area (Å²) in [6.07, 6.45) is 0.595. The molecule has 0 unspecified atom stereocenters. The first-order valence-corrected chi connectivity index (χ1v) is 16.1. The van der Waals surface area contributed by atoms with Gasteiger partial charge in [-0.25, -0.2) is 9.59 Å². The molecular weight excluding hydrogens is 622 g/mol. The molecule has 0 spiro atoms. The average Bonchev–Trinajstić information content (AvgIpc) is 3.37. The van der Waals surface area contributed by atoms with Crippen LogP contribution >= 0.6 is 0 Å². The molecule has 49 heavy (non-hydrogen) atoms. The van der Waals surface area contributed by atoms with Gasteiger partial charge in [0, 0.05) is 34.4 Å². The van der Waals surface area contributed by atoms with Gasteiger partial charge in [-0.3, -0.25) is 5.43 Å². The van der Waals surface area contributed by atoms with Crippen molar-refractivity contribution in [3.8, 4) is 11.5 Å². The number of aromatic nitrogens is 1. The first-order chi connectivity index (χ1) is 23.8. The van der Waals surface area contributed by atoms with Gasteiger partial charge in [0.25, 0.3) is 0 Å². The van der Waals surface area contributed by atoms with E-state index in [9.17, 15) is 14.7 Å². The van der Waals surface area contributed by atoms with Gasteiger partial charge in [-0.1, -0.05) is 66.7 Å². The van der Waals surface area contributed by atoms with Gasteiger partial charge in [0.2, 0.25) is 0 Å². The number of aliphatic hydroxyl groups is 1. The second-order valence-electron chi connectivity index (χ2n) is 11.7. The maximum atomic E-state index is 12.5. The number of amides is 2. The first kappa shape index (κ1) is 33.1. The third kappa shape index (κ3) is 6.93. The van der Waals surface area contributed by atoms with Crippen molar-refractivity contribution in [3.05, 3.63) is 119 Å². The smallest absolute Gasteiger partial charge is 0.337 e. The molecule has 2 amide bonds. The Bertz CT molecular complexity index is 2080. The molecule has 0 saturated carbocycles. The summed E-state index contributed by atoms with van der Waals surface area (Å²) in [5.74, 6) is 0.205. The van der Waals surface area contributed by atoms with Crippen LogP contribution in [0, 0.1) is 6.92 Å². The Balaban J connectivity index is 1.16. The molecule has 11 heteroatoms. The van der Waals surface area contributed by atoms with Gasteiger partial charge in [-0.2, -0.15) is 5.10 Å². The average molecular weight is 662 g/mol. The fourth-order valence-corrected chi connectivity index (χ4v) is 6.24. The number of rotatable bonds is 12. The summed E-state index contributed by atoms with van der Waals surface area (Å²) in [4.78, 5) is 24.8. The SMILES string of the molecule is CCOc1cc([C@H]2NC(=O)NC(C)=C2C(=O)OC)ccc1OC[C@@H](O)N/N=C/c1c(C)n(Cc2cccc3ccccc23)c2ccccc12. The zero-order valence-electron chi connectivity index (χ0n) is 27.8. The van der Waals surface area contributed by atoms with E-state index in [4.69, 9.17) is 14.2 Å². The summed E-state index contributed by atoms with van der Waals surface area (Å²) in [5.41, 5.74) is 8.37. The van der Waals surface area contributed by atoms with Crippen LogP contribution in [0.2, 0.25) is 0 Å². The normalized spacial score (nSPS) is 15.3. The molecule has 5 aromatic rings. The van der Waals surface area contributed by atoms with E-state index < -0.39 is 24.3 Å². The van der Waals surface area contributed by atoms with Crippen LogP contribution in [0.15, 0.2) is 101 Å². The largest absolute Gasteiger partial charge is 0.490 e. The Morgan fingerprint density at radius 2 is 1.76 bits per heavy atom. The number of methoxy groups -OCH3 is 1. The van der Waals surface area contributed by atoms with Crippen molar-refractivity contribution in [2.24, 2.45) is 5.10 Å². The molecule has 4 aromatic carbocycles. The Labute approximate surface area is 284 Å². The molecule has 1 aliphatic heterocycles. The number of fused-ring (bicyclic) bond motifs is 2. The van der Waals surface area contributed by atoms with Crippen molar-refractivity contribution < 1.29 is 28.9 Å². The van der Waals surface area contributed by atoms with Gasteiger partial charge in [-0.15, -0.1) is 0 Å². The van der Waals surface area contributed by atoms with Crippen molar-refractivity contribution in [1.29, 1.82) is 0 Å². The van der Waals surface area contributed by atoms with Crippen LogP contribution in [-0.4, -0.2) is 54.4 Å². The minimum Gasteiger partial charge on any atom is -0.490 e. The number of carbonyl (C=O) groups excluding carboxylic acids is 2. The Morgan fingerprint density at radius 1 is 1.00 bits per heavy atom. The summed E-state index contributed by atoms with van der Waals surface area (Å²) in [6.45, 7) is 6.47. The minimum absolute atomic E-state index is 0.130. The maximum Gasteiger partial charge on any atom is 0.337 e. The summed E-state index contributed by atoms with van der Waals surface area (Å²) >= 11 is 0. The molecule has 2 heterocycles. The number of benzene rings is 4. The highest BCUT2D eigenvalue weighted by Gasteiger charge is 2.32. The number of carbonyl (C=O) groups is 2. The third-order valence-corrected chi connectivity index (χ3v) is 8.58. The number of nitrogens with zero attached hydrogens (tertiary/aromatic N) is 2. The molecule has 0 bridgehead atoms. The van der Waals surface area contributed by atoms with Gasteiger partial charge < -0.3 is 34.5 Å². The van der Waals surface area contributed by atoms with Gasteiger partial charge in [0.15, 0.2) is 17.7 Å². The van der Waals surface area contributed by atoms with E-state index in [2.05, 4.69) is 87.2 Å². The first-order valence-electron chi connectivity index (χ1n) is 16.1. The molecular formula is C38H39N5O6. The molecule has 6 rings (SSSR count). The van der Waals surface area contributed by atoms with E-state index in [1.807, 2.05) is 19.1 Å². The lowest BCUT2D eigenvalue weighted by Crippen LogP contribution is -2.45. The van der Waals surface area contributed by atoms with Crippen molar-refractivity contribution in [1.82, 2.24) is 20.6 Å². The van der Waals surface area contributed by atoms with Crippen molar-refractivity contribution >= 4 is 39.9 Å². The highest BCUT2D eigenvalue weighted by molar-refractivity contribution is 6.01. The monoisotopic (exact) mass is 661 g/mol. The number of ether oxygens (including phenoxy) is 3. The molecule has 0 fully saturated rings. The number of aliphatic hydroxyl groups excluding tert-OH is 1. The number of hydrogen-bond donors (Lipinski definition) is 4. The lowest BCUT2D eigenvalue weighted by molar-refractivity contribution is -0.136. The quantitative estimate of drug-likeness (QED) is 0.0586. The third-order valence-electron chi connectivity index (χ3n) is 8.58. The van der Waals surface area contributed by atoms with E-state index in [0.717, 1.165) is 22.2 Å². The second-order valence-corrected chi connectivity index (χ2v) is 11.7. The standard InChI is InChI=1S/C38H39N5O6/c1-5-48-33-19-26(36-35(37(45)47-4)23(2)40-38(46)41-36)17-18-32(33)49-22-34(44)42-39-20-30-24(3)43(31-16-9-8-15-29(30)31)21-27-13-10-12-25-11-6-7-14-28(25)27/h6-20,34,36,42,44H,5,21-22H2,1-4H3,(H2,40,41,46)/b39-20+/t34-,36-/m1/s1. The second kappa shape index (κ2) is 14.5. The van der Waals surface area contributed by atoms with Crippen LogP contribution in [-0.2, 0) is 16.1 Å². The van der Waals surface area contributed by atoms with Crippen molar-refractivity contribution in [2.45, 2.75) is 39.6 Å². The van der Waals surface area contributed by atoms with Gasteiger partial charge in [-0.05, 0) is 60.9 Å². The molecule has 1 aliphatic rings. The molecule has 2 atom stereocenters. The number of para-hydroxylation sites is 1. The van der Waals surface area contributed by atoms with E-state index >= 15 is 0 Å². The van der Waals surface area contributed by atoms with E-state index in [1.165, 1.54) is 23.4 Å². The van der Waals surface area contributed by atoms with Crippen LogP contribution in [0.4, 0.5) is 4.79 Å². The number of hydrazone groups is 1. The topological polar surface area (TPSA) is 135 Å². The molecule has 4 N–H and O–H groups in total. The molecule has 0 saturated heterocycles. The van der Waals surface area contributed by atoms with Crippen LogP contribution in [0.1, 0.15) is 42.3 Å². The van der Waals surface area contributed by atoms with E-state index in [-0.39, 0.29) is 12.2 Å². The highest BCUT2D eigenvalue weighted by atomic mass is 16.5. The van der Waals surface area contributed by atoms with Gasteiger partial charge >= 0.3 is 12.0 Å². The lowest BCUT2D eigenvalue weighted by Gasteiger charge is -2.28. The molecule has 0 radical (unpaired) electrons. The predicted octanol–water partition coefficient (Wildman–Crippen LogP) is 5.67. The number of nitrogens with one attached hydrogen (secondary N) is 3. The van der Waals surface area contributed by atoms with Crippen LogP contribution in [0.3, 0.4) is 0 Å². The fourth-order valence-electron chi connectivity index (χ4n) is 6.24. The predicted molar refractivity (Wildman–Crippen MR) is 189 cm³/mol. The lowest BCUT2D eigenvalue weighted by atomic mass is 9.95. The molecule has 1 aromatic heterocycles. The number of allylic oxidation sites excluding steroid dienone is 1. The van der Waals surface area contributed by atoms with Crippen molar-refractivity contribution in [2.75, 3.05) is 20.3 Å². The Hall–Kier alpha value is -5.81. The van der Waals surface area contributed by atoms with Gasteiger partial charge in [0.05, 0.1) is 31.5 Å². The zero-order chi connectivity index (χ0) is 34.5. The Kier molecular flexibility index (Phi) is 9.82.